The maximum Gasteiger partial charge on any atom is 0.232 e. The molecule has 5 nitrogen and oxygen atoms in total. The molecule has 4 aromatic carbocycles. The molecule has 242 valence electrons. The molecule has 0 saturated carbocycles. The SMILES string of the molecule is Cc1cc2c(C(C)C)c(C)c(O)c3c2c(c1-c1c(C)cc2c(C(C)C)c(O)c(O)c4c2c1OC41SCCCS1)OC31SCCCS1. The third-order valence-electron chi connectivity index (χ3n) is 9.99. The van der Waals surface area contributed by atoms with Gasteiger partial charge >= 0.3 is 0 Å². The van der Waals surface area contributed by atoms with Gasteiger partial charge in [-0.25, -0.2) is 0 Å². The molecule has 0 bridgehead atoms. The highest BCUT2D eigenvalue weighted by Crippen LogP contribution is 2.69. The summed E-state index contributed by atoms with van der Waals surface area (Å²) < 4.78 is 12.8. The fourth-order valence-electron chi connectivity index (χ4n) is 8.18. The molecule has 2 fully saturated rings. The van der Waals surface area contributed by atoms with E-state index in [1.807, 2.05) is 6.92 Å². The van der Waals surface area contributed by atoms with Crippen LogP contribution in [-0.4, -0.2) is 38.3 Å². The van der Waals surface area contributed by atoms with Crippen LogP contribution in [0.2, 0.25) is 0 Å². The number of ether oxygens (including phenoxy) is 2. The molecule has 2 saturated heterocycles. The van der Waals surface area contributed by atoms with Crippen LogP contribution in [0, 0.1) is 20.8 Å². The van der Waals surface area contributed by atoms with Crippen molar-refractivity contribution >= 4 is 68.6 Å². The molecule has 0 radical (unpaired) electrons. The molecule has 0 aromatic heterocycles. The average Bonchev–Trinajstić information content (AvgIpc) is 3.49. The first kappa shape index (κ1) is 31.1. The monoisotopic (exact) mass is 692 g/mol. The Kier molecular flexibility index (Phi) is 7.20. The van der Waals surface area contributed by atoms with Crippen LogP contribution < -0.4 is 9.47 Å². The number of aryl methyl sites for hydroxylation is 2. The Labute approximate surface area is 287 Å². The molecular weight excluding hydrogens is 653 g/mol. The average molecular weight is 693 g/mol. The highest BCUT2D eigenvalue weighted by molar-refractivity contribution is 8.18. The Bertz CT molecular complexity index is 1840. The number of benzene rings is 4. The smallest absolute Gasteiger partial charge is 0.232 e. The summed E-state index contributed by atoms with van der Waals surface area (Å²) in [6, 6.07) is 4.46. The fourth-order valence-corrected chi connectivity index (χ4v) is 14.4. The van der Waals surface area contributed by atoms with Crippen LogP contribution in [0.25, 0.3) is 32.7 Å². The zero-order chi connectivity index (χ0) is 32.4. The van der Waals surface area contributed by atoms with E-state index in [0.717, 1.165) is 113 Å². The third kappa shape index (κ3) is 4.01. The van der Waals surface area contributed by atoms with Gasteiger partial charge in [0.15, 0.2) is 11.5 Å². The molecule has 4 heterocycles. The van der Waals surface area contributed by atoms with E-state index in [1.165, 1.54) is 0 Å². The number of phenolic OH excluding ortho intramolecular Hbond substituents is 3. The minimum Gasteiger partial charge on any atom is -0.507 e. The van der Waals surface area contributed by atoms with Gasteiger partial charge in [0.05, 0.1) is 11.1 Å². The molecule has 0 aliphatic carbocycles. The van der Waals surface area contributed by atoms with Gasteiger partial charge in [0, 0.05) is 27.5 Å². The van der Waals surface area contributed by atoms with Crippen molar-refractivity contribution in [2.24, 2.45) is 0 Å². The van der Waals surface area contributed by atoms with E-state index in [4.69, 9.17) is 9.47 Å². The van der Waals surface area contributed by atoms with Crippen molar-refractivity contribution in [1.29, 1.82) is 0 Å². The minimum atomic E-state index is -0.841. The number of phenols is 3. The second kappa shape index (κ2) is 10.6. The Morgan fingerprint density at radius 3 is 1.46 bits per heavy atom. The minimum absolute atomic E-state index is 0.00641. The first-order valence-corrected chi connectivity index (χ1v) is 20.2. The molecule has 0 atom stereocenters. The van der Waals surface area contributed by atoms with Crippen LogP contribution in [-0.2, 0) is 8.53 Å². The molecular formula is C37H40O5S4. The van der Waals surface area contributed by atoms with E-state index < -0.39 is 8.53 Å². The van der Waals surface area contributed by atoms with Gasteiger partial charge in [0.2, 0.25) is 8.53 Å². The molecule has 4 aromatic rings. The molecule has 2 spiro atoms. The van der Waals surface area contributed by atoms with Crippen molar-refractivity contribution in [2.45, 2.75) is 81.7 Å². The fraction of sp³-hybridized carbons (Fsp3) is 0.459. The number of hydrogen-bond donors (Lipinski definition) is 3. The van der Waals surface area contributed by atoms with Crippen molar-refractivity contribution in [1.82, 2.24) is 0 Å². The van der Waals surface area contributed by atoms with E-state index in [0.29, 0.717) is 11.3 Å². The summed E-state index contributed by atoms with van der Waals surface area (Å²) >= 11 is 6.97. The van der Waals surface area contributed by atoms with Crippen LogP contribution in [0.3, 0.4) is 0 Å². The summed E-state index contributed by atoms with van der Waals surface area (Å²) in [4.78, 5) is 0. The number of hydrogen-bond acceptors (Lipinski definition) is 9. The lowest BCUT2D eigenvalue weighted by atomic mass is 9.83. The van der Waals surface area contributed by atoms with Crippen molar-refractivity contribution in [3.63, 3.8) is 0 Å². The van der Waals surface area contributed by atoms with Crippen molar-refractivity contribution < 1.29 is 24.8 Å². The Morgan fingerprint density at radius 2 is 1.02 bits per heavy atom. The van der Waals surface area contributed by atoms with E-state index in [9.17, 15) is 15.3 Å². The molecule has 9 heteroatoms. The summed E-state index contributed by atoms with van der Waals surface area (Å²) in [6.07, 6.45) is 2.16. The van der Waals surface area contributed by atoms with Gasteiger partial charge in [-0.2, -0.15) is 0 Å². The van der Waals surface area contributed by atoms with Crippen LogP contribution in [0.15, 0.2) is 12.1 Å². The van der Waals surface area contributed by atoms with Gasteiger partial charge < -0.3 is 24.8 Å². The van der Waals surface area contributed by atoms with E-state index in [-0.39, 0.29) is 23.3 Å². The Morgan fingerprint density at radius 1 is 0.609 bits per heavy atom. The van der Waals surface area contributed by atoms with Crippen molar-refractivity contribution in [3.8, 4) is 39.9 Å². The predicted molar refractivity (Wildman–Crippen MR) is 198 cm³/mol. The maximum absolute atomic E-state index is 11.9. The zero-order valence-corrected chi connectivity index (χ0v) is 30.6. The first-order chi connectivity index (χ1) is 21.9. The molecule has 3 N–H and O–H groups in total. The summed E-state index contributed by atoms with van der Waals surface area (Å²) in [6.45, 7) is 14.8. The van der Waals surface area contributed by atoms with Gasteiger partial charge in [-0.05, 0) is 101 Å². The Hall–Kier alpha value is -2.20. The highest BCUT2D eigenvalue weighted by atomic mass is 32.2. The lowest BCUT2D eigenvalue weighted by Crippen LogP contribution is -2.26. The van der Waals surface area contributed by atoms with Crippen molar-refractivity contribution in [2.75, 3.05) is 23.0 Å². The summed E-state index contributed by atoms with van der Waals surface area (Å²) in [5.41, 5.74) is 8.47. The number of aromatic hydroxyl groups is 3. The van der Waals surface area contributed by atoms with Gasteiger partial charge in [0.1, 0.15) is 17.2 Å². The zero-order valence-electron chi connectivity index (χ0n) is 27.3. The summed E-state index contributed by atoms with van der Waals surface area (Å²) in [5.74, 6) is 5.75. The quantitative estimate of drug-likeness (QED) is 0.182. The third-order valence-corrected chi connectivity index (χ3v) is 16.0. The summed E-state index contributed by atoms with van der Waals surface area (Å²) in [5, 5.41) is 39.0. The number of rotatable bonds is 3. The Balaban J connectivity index is 1.51. The standard InChI is InChI=1S/C37H40O5S4/c1-16(2)23-20(7)31(38)29-27-21(23)14-18(5)25(34(27)41-36(29)43-10-8-11-44-36)26-19(6)15-22-24(17(3)4)32(39)33(40)30-28(22)35(26)42-37(30)45-12-9-13-46-37/h14-17,38-40H,8-13H2,1-7H3. The molecule has 46 heavy (non-hydrogen) atoms. The molecule has 4 aliphatic rings. The van der Waals surface area contributed by atoms with Crippen LogP contribution in [0.1, 0.15) is 91.3 Å². The van der Waals surface area contributed by atoms with Gasteiger partial charge in [-0.1, -0.05) is 86.9 Å². The largest absolute Gasteiger partial charge is 0.507 e. The van der Waals surface area contributed by atoms with E-state index in [1.54, 1.807) is 47.0 Å². The van der Waals surface area contributed by atoms with Crippen molar-refractivity contribution in [3.05, 3.63) is 51.1 Å². The first-order valence-electron chi connectivity index (χ1n) is 16.2. The number of thioether (sulfide) groups is 4. The second-order valence-electron chi connectivity index (χ2n) is 13.6. The van der Waals surface area contributed by atoms with Gasteiger partial charge in [-0.15, -0.1) is 0 Å². The van der Waals surface area contributed by atoms with Gasteiger partial charge in [-0.3, -0.25) is 0 Å². The van der Waals surface area contributed by atoms with Gasteiger partial charge in [0.25, 0.3) is 0 Å². The van der Waals surface area contributed by atoms with Crippen LogP contribution >= 0.6 is 47.0 Å². The lowest BCUT2D eigenvalue weighted by Gasteiger charge is -2.33. The van der Waals surface area contributed by atoms with Crippen LogP contribution in [0.5, 0.6) is 28.7 Å². The predicted octanol–water partition coefficient (Wildman–Crippen LogP) is 10.7. The van der Waals surface area contributed by atoms with E-state index >= 15 is 0 Å². The second-order valence-corrected chi connectivity index (χ2v) is 19.2. The molecule has 0 unspecified atom stereocenters. The van der Waals surface area contributed by atoms with Crippen LogP contribution in [0.4, 0.5) is 0 Å². The molecule has 0 amide bonds. The van der Waals surface area contributed by atoms with E-state index in [2.05, 4.69) is 53.7 Å². The summed E-state index contributed by atoms with van der Waals surface area (Å²) in [7, 11) is 0. The normalized spacial score (nSPS) is 19.2. The topological polar surface area (TPSA) is 79.2 Å². The molecule has 4 aliphatic heterocycles. The molecule has 8 rings (SSSR count). The highest BCUT2D eigenvalue weighted by Gasteiger charge is 2.52. The lowest BCUT2D eigenvalue weighted by molar-refractivity contribution is 0.271. The maximum atomic E-state index is 11.9. The number of fused-ring (bicyclic) bond motifs is 2.